The molecule has 0 unspecified atom stereocenters. The van der Waals surface area contributed by atoms with Crippen LogP contribution in [0.3, 0.4) is 0 Å². The first kappa shape index (κ1) is 18.1. The van der Waals surface area contributed by atoms with Crippen molar-refractivity contribution in [1.82, 2.24) is 19.6 Å². The molecule has 0 bridgehead atoms. The van der Waals surface area contributed by atoms with E-state index in [-0.39, 0.29) is 5.69 Å². The number of hydrogen-bond acceptors (Lipinski definition) is 6. The van der Waals surface area contributed by atoms with E-state index in [1.165, 1.54) is 35.6 Å². The zero-order chi connectivity index (χ0) is 19.0. The van der Waals surface area contributed by atoms with E-state index >= 15 is 0 Å². The van der Waals surface area contributed by atoms with Crippen LogP contribution >= 0.6 is 0 Å². The van der Waals surface area contributed by atoms with Gasteiger partial charge < -0.3 is 10.4 Å². The van der Waals surface area contributed by atoms with Crippen LogP contribution < -0.4 is 5.32 Å². The summed E-state index contributed by atoms with van der Waals surface area (Å²) in [5.41, 5.74) is -2.41. The van der Waals surface area contributed by atoms with Crippen LogP contribution in [0.5, 0.6) is 0 Å². The average molecular weight is 350 g/mol. The van der Waals surface area contributed by atoms with Crippen molar-refractivity contribution in [2.45, 2.75) is 38.8 Å². The lowest BCUT2D eigenvalue weighted by molar-refractivity contribution is -0.385. The molecule has 134 valence electrons. The number of anilines is 1. The van der Waals surface area contributed by atoms with Crippen LogP contribution in [0.25, 0.3) is 0 Å². The predicted octanol–water partition coefficient (Wildman–Crippen LogP) is 1.18. The van der Waals surface area contributed by atoms with Gasteiger partial charge in [-0.2, -0.15) is 10.2 Å². The number of nitrogens with one attached hydrogen (secondary N) is 1. The number of aromatic nitrogens is 4. The number of aliphatic carboxylic acids is 1. The lowest BCUT2D eigenvalue weighted by atomic mass is 10.1. The van der Waals surface area contributed by atoms with Crippen LogP contribution in [0.15, 0.2) is 24.8 Å². The summed E-state index contributed by atoms with van der Waals surface area (Å²) in [5.74, 6) is -1.56. The van der Waals surface area contributed by atoms with Crippen LogP contribution in [-0.2, 0) is 20.7 Å². The number of carbonyl (C=O) groups excluding carboxylic acids is 1. The molecule has 0 aliphatic rings. The Bertz CT molecular complexity index is 834. The Hall–Kier alpha value is -3.24. The smallest absolute Gasteiger partial charge is 0.331 e. The highest BCUT2D eigenvalue weighted by Gasteiger charge is 2.34. The summed E-state index contributed by atoms with van der Waals surface area (Å²) >= 11 is 0. The van der Waals surface area contributed by atoms with Crippen molar-refractivity contribution in [3.8, 4) is 0 Å². The van der Waals surface area contributed by atoms with Gasteiger partial charge >= 0.3 is 11.7 Å². The SMILES string of the molecule is CC(C)(C(=O)O)n1cc(NC(=O)C(C)(C)n2cc([N+](=O)[O-])cn2)cn1. The van der Waals surface area contributed by atoms with E-state index in [9.17, 15) is 24.8 Å². The Morgan fingerprint density at radius 1 is 1.12 bits per heavy atom. The van der Waals surface area contributed by atoms with Gasteiger partial charge in [-0.3, -0.25) is 24.3 Å². The first-order valence-electron chi connectivity index (χ1n) is 7.26. The summed E-state index contributed by atoms with van der Waals surface area (Å²) in [4.78, 5) is 33.9. The first-order valence-corrected chi connectivity index (χ1v) is 7.26. The Kier molecular flexibility index (Phi) is 4.34. The molecule has 1 amide bonds. The fraction of sp³-hybridized carbons (Fsp3) is 0.429. The lowest BCUT2D eigenvalue weighted by Gasteiger charge is -2.23. The standard InChI is InChI=1S/C14H18N6O5/c1-13(2,19-8-10(6-16-19)20(24)25)11(21)17-9-5-15-18(7-9)14(3,4)12(22)23/h5-8H,1-4H3,(H,17,21)(H,22,23). The second-order valence-corrected chi connectivity index (χ2v) is 6.45. The topological polar surface area (TPSA) is 145 Å². The predicted molar refractivity (Wildman–Crippen MR) is 86.0 cm³/mol. The first-order chi connectivity index (χ1) is 11.5. The largest absolute Gasteiger partial charge is 0.479 e. The highest BCUT2D eigenvalue weighted by Crippen LogP contribution is 2.22. The van der Waals surface area contributed by atoms with Gasteiger partial charge in [0.25, 0.3) is 5.91 Å². The van der Waals surface area contributed by atoms with Crippen LogP contribution in [0, 0.1) is 10.1 Å². The van der Waals surface area contributed by atoms with Crippen LogP contribution in [-0.4, -0.2) is 41.5 Å². The highest BCUT2D eigenvalue weighted by atomic mass is 16.6. The zero-order valence-corrected chi connectivity index (χ0v) is 14.1. The molecule has 2 rings (SSSR count). The third-order valence-corrected chi connectivity index (χ3v) is 3.84. The quantitative estimate of drug-likeness (QED) is 0.587. The summed E-state index contributed by atoms with van der Waals surface area (Å²) in [5, 5.41) is 30.4. The van der Waals surface area contributed by atoms with E-state index in [2.05, 4.69) is 15.5 Å². The number of hydrogen-bond donors (Lipinski definition) is 2. The summed E-state index contributed by atoms with van der Waals surface area (Å²) in [6.07, 6.45) is 4.94. The summed E-state index contributed by atoms with van der Waals surface area (Å²) in [6.45, 7) is 6.04. The molecule has 2 aromatic heterocycles. The van der Waals surface area contributed by atoms with Crippen molar-refractivity contribution in [3.05, 3.63) is 34.9 Å². The van der Waals surface area contributed by atoms with Gasteiger partial charge in [0.05, 0.1) is 16.8 Å². The highest BCUT2D eigenvalue weighted by molar-refractivity contribution is 5.95. The summed E-state index contributed by atoms with van der Waals surface area (Å²) in [7, 11) is 0. The molecule has 11 heteroatoms. The lowest BCUT2D eigenvalue weighted by Crippen LogP contribution is -2.40. The second-order valence-electron chi connectivity index (χ2n) is 6.45. The van der Waals surface area contributed by atoms with Crippen molar-refractivity contribution in [3.63, 3.8) is 0 Å². The Labute approximate surface area is 142 Å². The maximum absolute atomic E-state index is 12.5. The van der Waals surface area contributed by atoms with Crippen LogP contribution in [0.1, 0.15) is 27.7 Å². The fourth-order valence-corrected chi connectivity index (χ4v) is 1.89. The Morgan fingerprint density at radius 3 is 2.20 bits per heavy atom. The second kappa shape index (κ2) is 6.00. The molecule has 2 N–H and O–H groups in total. The zero-order valence-electron chi connectivity index (χ0n) is 14.1. The normalized spacial score (nSPS) is 12.0. The molecule has 2 heterocycles. The van der Waals surface area contributed by atoms with Crippen molar-refractivity contribution < 1.29 is 19.6 Å². The number of nitro groups is 1. The molecule has 2 aromatic rings. The van der Waals surface area contributed by atoms with Gasteiger partial charge in [-0.1, -0.05) is 0 Å². The van der Waals surface area contributed by atoms with E-state index in [1.54, 1.807) is 13.8 Å². The number of amides is 1. The van der Waals surface area contributed by atoms with E-state index in [4.69, 9.17) is 0 Å². The van der Waals surface area contributed by atoms with Gasteiger partial charge in [-0.25, -0.2) is 4.79 Å². The molecule has 11 nitrogen and oxygen atoms in total. The molecule has 0 aliphatic heterocycles. The van der Waals surface area contributed by atoms with E-state index in [0.717, 1.165) is 12.4 Å². The van der Waals surface area contributed by atoms with Gasteiger partial charge in [0.15, 0.2) is 5.54 Å². The van der Waals surface area contributed by atoms with Crippen LogP contribution in [0.4, 0.5) is 11.4 Å². The minimum Gasteiger partial charge on any atom is -0.479 e. The molecule has 0 atom stereocenters. The molecular formula is C14H18N6O5. The average Bonchev–Trinajstić information content (AvgIpc) is 3.16. The van der Waals surface area contributed by atoms with Gasteiger partial charge in [-0.15, -0.1) is 0 Å². The van der Waals surface area contributed by atoms with Gasteiger partial charge in [-0.05, 0) is 27.7 Å². The molecule has 0 aliphatic carbocycles. The minimum atomic E-state index is -1.28. The summed E-state index contributed by atoms with van der Waals surface area (Å²) < 4.78 is 2.41. The molecule has 0 radical (unpaired) electrons. The maximum atomic E-state index is 12.5. The monoisotopic (exact) mass is 350 g/mol. The van der Waals surface area contributed by atoms with E-state index in [0.29, 0.717) is 5.69 Å². The maximum Gasteiger partial charge on any atom is 0.331 e. The van der Waals surface area contributed by atoms with E-state index in [1.807, 2.05) is 0 Å². The van der Waals surface area contributed by atoms with Crippen LogP contribution in [0.2, 0.25) is 0 Å². The van der Waals surface area contributed by atoms with Crippen molar-refractivity contribution in [1.29, 1.82) is 0 Å². The van der Waals surface area contributed by atoms with Crippen molar-refractivity contribution in [2.75, 3.05) is 5.32 Å². The Balaban J connectivity index is 2.19. The molecule has 0 saturated carbocycles. The molecule has 25 heavy (non-hydrogen) atoms. The summed E-state index contributed by atoms with van der Waals surface area (Å²) in [6, 6.07) is 0. The third-order valence-electron chi connectivity index (χ3n) is 3.84. The number of carboxylic acids is 1. The van der Waals surface area contributed by atoms with E-state index < -0.39 is 27.9 Å². The Morgan fingerprint density at radius 2 is 1.68 bits per heavy atom. The molecule has 0 saturated heterocycles. The van der Waals surface area contributed by atoms with Gasteiger partial charge in [0.2, 0.25) is 0 Å². The number of carbonyl (C=O) groups is 2. The van der Waals surface area contributed by atoms with Crippen molar-refractivity contribution in [2.24, 2.45) is 0 Å². The number of rotatable bonds is 6. The molecule has 0 spiro atoms. The number of nitrogens with zero attached hydrogens (tertiary/aromatic N) is 5. The molecule has 0 fully saturated rings. The van der Waals surface area contributed by atoms with Gasteiger partial charge in [0, 0.05) is 6.20 Å². The molecular weight excluding hydrogens is 332 g/mol. The fourth-order valence-electron chi connectivity index (χ4n) is 1.89. The van der Waals surface area contributed by atoms with Gasteiger partial charge in [0.1, 0.15) is 17.9 Å². The van der Waals surface area contributed by atoms with Crippen molar-refractivity contribution >= 4 is 23.3 Å². The molecule has 0 aromatic carbocycles. The number of carboxylic acid groups (broad SMARTS) is 1. The minimum absolute atomic E-state index is 0.225. The third kappa shape index (κ3) is 3.34.